The van der Waals surface area contributed by atoms with E-state index in [9.17, 15) is 9.59 Å². The quantitative estimate of drug-likeness (QED) is 0.796. The van der Waals surface area contributed by atoms with Crippen molar-refractivity contribution in [3.8, 4) is 11.3 Å². The summed E-state index contributed by atoms with van der Waals surface area (Å²) in [5, 5.41) is 3.04. The Labute approximate surface area is 184 Å². The molecule has 1 aromatic carbocycles. The van der Waals surface area contributed by atoms with Crippen LogP contribution in [0.4, 0.5) is 4.79 Å². The van der Waals surface area contributed by atoms with Crippen molar-refractivity contribution in [3.63, 3.8) is 0 Å². The third kappa shape index (κ3) is 4.58. The van der Waals surface area contributed by atoms with Gasteiger partial charge in [0, 0.05) is 42.4 Å². The number of pyridine rings is 1. The zero-order valence-electron chi connectivity index (χ0n) is 18.7. The number of hydrogen-bond acceptors (Lipinski definition) is 4. The Morgan fingerprint density at radius 3 is 2.61 bits per heavy atom. The lowest BCUT2D eigenvalue weighted by molar-refractivity contribution is 0.0491. The van der Waals surface area contributed by atoms with Crippen LogP contribution >= 0.6 is 0 Å². The lowest BCUT2D eigenvalue weighted by atomic mass is 9.98. The van der Waals surface area contributed by atoms with Crippen LogP contribution in [0, 0.1) is 18.8 Å². The van der Waals surface area contributed by atoms with Crippen molar-refractivity contribution in [1.29, 1.82) is 0 Å². The number of fused-ring (bicyclic) bond motifs is 1. The molecule has 1 N–H and O–H groups in total. The van der Waals surface area contributed by atoms with Crippen LogP contribution in [0.5, 0.6) is 0 Å². The van der Waals surface area contributed by atoms with Crippen molar-refractivity contribution in [2.45, 2.75) is 52.2 Å². The van der Waals surface area contributed by atoms with Gasteiger partial charge in [-0.2, -0.15) is 0 Å². The average Bonchev–Trinajstić information content (AvgIpc) is 3.29. The van der Waals surface area contributed by atoms with E-state index in [1.54, 1.807) is 6.20 Å². The fourth-order valence-corrected chi connectivity index (χ4v) is 4.91. The van der Waals surface area contributed by atoms with Gasteiger partial charge in [0.1, 0.15) is 5.60 Å². The Morgan fingerprint density at radius 1 is 1.10 bits per heavy atom. The van der Waals surface area contributed by atoms with Gasteiger partial charge in [-0.1, -0.05) is 18.2 Å². The topological polar surface area (TPSA) is 71.5 Å². The fraction of sp³-hybridized carbons (Fsp3) is 0.480. The summed E-state index contributed by atoms with van der Waals surface area (Å²) in [6.45, 7) is 8.98. The van der Waals surface area contributed by atoms with E-state index in [2.05, 4.69) is 10.3 Å². The Balaban J connectivity index is 1.46. The molecule has 164 valence electrons. The Bertz CT molecular complexity index is 968. The summed E-state index contributed by atoms with van der Waals surface area (Å²) >= 11 is 0. The van der Waals surface area contributed by atoms with Gasteiger partial charge in [0.2, 0.25) is 0 Å². The SMILES string of the molecule is Cc1c(C(=O)N2C[C@@H]3CC[C@@H](NC(=O)OC(C)(C)C)[C@H]3C2)cccc1-c1ccccn1. The van der Waals surface area contributed by atoms with Crippen molar-refractivity contribution in [2.75, 3.05) is 13.1 Å². The van der Waals surface area contributed by atoms with Gasteiger partial charge in [-0.3, -0.25) is 9.78 Å². The Kier molecular flexibility index (Phi) is 5.73. The molecule has 6 heteroatoms. The lowest BCUT2D eigenvalue weighted by Crippen LogP contribution is -2.42. The highest BCUT2D eigenvalue weighted by molar-refractivity contribution is 5.97. The molecule has 31 heavy (non-hydrogen) atoms. The summed E-state index contributed by atoms with van der Waals surface area (Å²) in [6.07, 6.45) is 3.34. The molecule has 0 bridgehead atoms. The van der Waals surface area contributed by atoms with Crippen LogP contribution < -0.4 is 5.32 Å². The minimum atomic E-state index is -0.518. The molecule has 2 heterocycles. The minimum absolute atomic E-state index is 0.0543. The van der Waals surface area contributed by atoms with E-state index in [1.807, 2.05) is 69.0 Å². The van der Waals surface area contributed by atoms with E-state index in [4.69, 9.17) is 4.74 Å². The van der Waals surface area contributed by atoms with Gasteiger partial charge in [0.05, 0.1) is 5.69 Å². The van der Waals surface area contributed by atoms with Crippen molar-refractivity contribution < 1.29 is 14.3 Å². The molecule has 0 radical (unpaired) electrons. The summed E-state index contributed by atoms with van der Waals surface area (Å²) in [7, 11) is 0. The molecular weight excluding hydrogens is 390 g/mol. The second-order valence-corrected chi connectivity index (χ2v) is 9.66. The van der Waals surface area contributed by atoms with Gasteiger partial charge in [-0.25, -0.2) is 4.79 Å². The molecule has 1 aliphatic heterocycles. The van der Waals surface area contributed by atoms with Gasteiger partial charge in [0.25, 0.3) is 5.91 Å². The number of alkyl carbamates (subject to hydrolysis) is 1. The van der Waals surface area contributed by atoms with E-state index >= 15 is 0 Å². The number of nitrogens with one attached hydrogen (secondary N) is 1. The fourth-order valence-electron chi connectivity index (χ4n) is 4.91. The maximum absolute atomic E-state index is 13.4. The highest BCUT2D eigenvalue weighted by Crippen LogP contribution is 2.39. The zero-order chi connectivity index (χ0) is 22.2. The molecule has 1 aliphatic carbocycles. The van der Waals surface area contributed by atoms with Crippen LogP contribution in [0.25, 0.3) is 11.3 Å². The monoisotopic (exact) mass is 421 g/mol. The third-order valence-electron chi connectivity index (χ3n) is 6.35. The van der Waals surface area contributed by atoms with Crippen molar-refractivity contribution in [2.24, 2.45) is 11.8 Å². The largest absolute Gasteiger partial charge is 0.444 e. The number of aromatic nitrogens is 1. The molecule has 2 fully saturated rings. The maximum atomic E-state index is 13.4. The standard InChI is InChI=1S/C25H31N3O3/c1-16-18(21-10-5-6-13-26-21)8-7-9-19(16)23(29)28-14-17-11-12-22(20(17)15-28)27-24(30)31-25(2,3)4/h5-10,13,17,20,22H,11-12,14-15H2,1-4H3,(H,27,30)/t17-,20-,22+/m0/s1. The molecule has 3 atom stereocenters. The summed E-state index contributed by atoms with van der Waals surface area (Å²) in [6, 6.07) is 11.7. The van der Waals surface area contributed by atoms with Crippen molar-refractivity contribution >= 4 is 12.0 Å². The first-order valence-electron chi connectivity index (χ1n) is 11.0. The van der Waals surface area contributed by atoms with Crippen LogP contribution in [0.15, 0.2) is 42.6 Å². The molecule has 4 rings (SSSR count). The highest BCUT2D eigenvalue weighted by Gasteiger charge is 2.45. The normalized spacial score (nSPS) is 22.8. The van der Waals surface area contributed by atoms with Crippen LogP contribution in [-0.2, 0) is 4.74 Å². The van der Waals surface area contributed by atoms with Crippen molar-refractivity contribution in [1.82, 2.24) is 15.2 Å². The second-order valence-electron chi connectivity index (χ2n) is 9.66. The lowest BCUT2D eigenvalue weighted by Gasteiger charge is -2.25. The van der Waals surface area contributed by atoms with Gasteiger partial charge in [0.15, 0.2) is 0 Å². The molecular formula is C25H31N3O3. The van der Waals surface area contributed by atoms with Gasteiger partial charge >= 0.3 is 6.09 Å². The van der Waals surface area contributed by atoms with Crippen molar-refractivity contribution in [3.05, 3.63) is 53.7 Å². The first kappa shape index (κ1) is 21.3. The highest BCUT2D eigenvalue weighted by atomic mass is 16.6. The first-order valence-corrected chi connectivity index (χ1v) is 11.0. The van der Waals surface area contributed by atoms with E-state index in [-0.39, 0.29) is 24.0 Å². The van der Waals surface area contributed by atoms with E-state index in [1.165, 1.54) is 0 Å². The molecule has 6 nitrogen and oxygen atoms in total. The number of nitrogens with zero attached hydrogens (tertiary/aromatic N) is 2. The van der Waals surface area contributed by atoms with E-state index in [0.29, 0.717) is 12.5 Å². The molecule has 1 saturated carbocycles. The van der Waals surface area contributed by atoms with Crippen LogP contribution in [0.3, 0.4) is 0 Å². The van der Waals surface area contributed by atoms with Crippen LogP contribution in [-0.4, -0.2) is 46.6 Å². The smallest absolute Gasteiger partial charge is 0.407 e. The van der Waals surface area contributed by atoms with E-state index < -0.39 is 5.60 Å². The zero-order valence-corrected chi connectivity index (χ0v) is 18.7. The summed E-state index contributed by atoms with van der Waals surface area (Å²) in [5.41, 5.74) is 3.01. The number of rotatable bonds is 3. The summed E-state index contributed by atoms with van der Waals surface area (Å²) in [5.74, 6) is 0.750. The molecule has 0 spiro atoms. The second kappa shape index (κ2) is 8.33. The Hall–Kier alpha value is -2.89. The molecule has 2 aromatic rings. The van der Waals surface area contributed by atoms with Gasteiger partial charge in [-0.05, 0) is 70.2 Å². The molecule has 2 amide bonds. The number of carbonyl (C=O) groups excluding carboxylic acids is 2. The summed E-state index contributed by atoms with van der Waals surface area (Å²) in [4.78, 5) is 32.0. The number of amides is 2. The predicted molar refractivity (Wildman–Crippen MR) is 120 cm³/mol. The number of ether oxygens (including phenoxy) is 1. The number of benzene rings is 1. The number of likely N-dealkylation sites (tertiary alicyclic amines) is 1. The molecule has 2 aliphatic rings. The molecule has 1 aromatic heterocycles. The van der Waals surface area contributed by atoms with Gasteiger partial charge in [-0.15, -0.1) is 0 Å². The number of carbonyl (C=O) groups is 2. The number of hydrogen-bond donors (Lipinski definition) is 1. The Morgan fingerprint density at radius 2 is 1.90 bits per heavy atom. The van der Waals surface area contributed by atoms with Gasteiger partial charge < -0.3 is 15.0 Å². The van der Waals surface area contributed by atoms with E-state index in [0.717, 1.165) is 41.8 Å². The van der Waals surface area contributed by atoms with Crippen LogP contribution in [0.2, 0.25) is 0 Å². The minimum Gasteiger partial charge on any atom is -0.444 e. The first-order chi connectivity index (χ1) is 14.7. The predicted octanol–water partition coefficient (Wildman–Crippen LogP) is 4.43. The third-order valence-corrected chi connectivity index (χ3v) is 6.35. The average molecular weight is 422 g/mol. The molecule has 0 unspecified atom stereocenters. The maximum Gasteiger partial charge on any atom is 0.407 e. The van der Waals surface area contributed by atoms with Crippen LogP contribution in [0.1, 0.15) is 49.5 Å². The summed E-state index contributed by atoms with van der Waals surface area (Å²) < 4.78 is 5.43. The molecule has 1 saturated heterocycles.